The number of H-pyrrole nitrogens is 1. The van der Waals surface area contributed by atoms with Gasteiger partial charge in [0.2, 0.25) is 0 Å². The minimum atomic E-state index is -0.669. The number of para-hydroxylation sites is 1. The van der Waals surface area contributed by atoms with Crippen molar-refractivity contribution in [1.29, 1.82) is 0 Å². The molecule has 3 aliphatic rings. The number of aromatic amines is 1. The Kier molecular flexibility index (Phi) is 3.99. The van der Waals surface area contributed by atoms with Gasteiger partial charge in [0.15, 0.2) is 0 Å². The third-order valence-electron chi connectivity index (χ3n) is 5.95. The number of likely N-dealkylation sites (N-methyl/N-ethyl adjacent to an activating group) is 1. The molecule has 2 atom stereocenters. The average Bonchev–Trinajstić information content (AvgIpc) is 3.36. The van der Waals surface area contributed by atoms with Crippen molar-refractivity contribution in [1.82, 2.24) is 14.8 Å². The number of nitrogens with zero attached hydrogens (tertiary/aromatic N) is 2. The van der Waals surface area contributed by atoms with Crippen LogP contribution >= 0.6 is 0 Å². The van der Waals surface area contributed by atoms with Crippen molar-refractivity contribution in [3.63, 3.8) is 0 Å². The van der Waals surface area contributed by atoms with Gasteiger partial charge in [0, 0.05) is 0 Å². The van der Waals surface area contributed by atoms with E-state index in [-0.39, 0.29) is 29.2 Å². The Morgan fingerprint density at radius 2 is 1.93 bits per heavy atom. The molecule has 3 aromatic rings. The number of carbonyl (C=O) groups is 2. The number of piperazine rings is 1. The number of carbonyl (C=O) groups excluding carboxylic acids is 2. The van der Waals surface area contributed by atoms with Gasteiger partial charge in [-0.25, -0.2) is 0 Å². The Morgan fingerprint density at radius 1 is 1.10 bits per heavy atom. The topological polar surface area (TPSA) is 74.9 Å². The molecular formula is C22H19IN3O4-. The molecule has 8 heteroatoms. The monoisotopic (exact) mass is 516 g/mol. The molecule has 2 amide bonds. The van der Waals surface area contributed by atoms with Gasteiger partial charge in [-0.2, -0.15) is 0 Å². The molecule has 1 N–H and O–H groups in total. The number of hydrogen-bond acceptors (Lipinski definition) is 4. The quantitative estimate of drug-likeness (QED) is 0.272. The van der Waals surface area contributed by atoms with Crippen molar-refractivity contribution >= 4 is 22.7 Å². The summed E-state index contributed by atoms with van der Waals surface area (Å²) < 4.78 is 12.0. The molecule has 1 saturated heterocycles. The molecule has 0 aliphatic carbocycles. The van der Waals surface area contributed by atoms with E-state index in [1.54, 1.807) is 11.9 Å². The number of benzene rings is 2. The molecule has 0 spiro atoms. The summed E-state index contributed by atoms with van der Waals surface area (Å²) in [6.45, 7) is 0.368. The van der Waals surface area contributed by atoms with E-state index in [1.165, 1.54) is 0 Å². The first-order valence-electron chi connectivity index (χ1n) is 9.79. The van der Waals surface area contributed by atoms with E-state index in [4.69, 9.17) is 9.47 Å². The normalized spacial score (nSPS) is 22.6. The van der Waals surface area contributed by atoms with Gasteiger partial charge < -0.3 is 0 Å². The van der Waals surface area contributed by atoms with Crippen LogP contribution in [0.4, 0.5) is 0 Å². The zero-order chi connectivity index (χ0) is 20.4. The number of hydrogen-bond donors (Lipinski definition) is 1. The second-order valence-corrected chi connectivity index (χ2v) is 10.8. The van der Waals surface area contributed by atoms with Crippen LogP contribution in [-0.4, -0.2) is 53.0 Å². The average molecular weight is 516 g/mol. The number of rotatable bonds is 2. The summed E-state index contributed by atoms with van der Waals surface area (Å²) in [5, 5.41) is 1.14. The first-order chi connectivity index (χ1) is 14.6. The fourth-order valence-corrected chi connectivity index (χ4v) is 7.89. The Hall–Kier alpha value is -2.75. The van der Waals surface area contributed by atoms with Crippen LogP contribution in [-0.2, 0) is 16.0 Å². The van der Waals surface area contributed by atoms with Crippen LogP contribution in [0.1, 0.15) is 15.3 Å². The van der Waals surface area contributed by atoms with Crippen molar-refractivity contribution < 1.29 is 40.3 Å². The Balaban J connectivity index is 1.48. The standard InChI is InChI=1S/C22H19IN3O4/c1-25-10-19(27)26-16(22(25)28)9-14-13-4-2-3-5-15(13)24-20(14)21(26)23-12-6-7-17-18(8-12)30-11-29-17/h2-8,16,21,24H,9-11H2,1H3/q-1/t16-,21?/m1/s1. The molecule has 0 bridgehead atoms. The summed E-state index contributed by atoms with van der Waals surface area (Å²) in [6.07, 6.45) is 0.551. The molecule has 1 unspecified atom stereocenters. The van der Waals surface area contributed by atoms with E-state index < -0.39 is 27.2 Å². The van der Waals surface area contributed by atoms with Crippen molar-refractivity contribution in [2.24, 2.45) is 0 Å². The number of halogens is 1. The number of aromatic nitrogens is 1. The molecule has 7 nitrogen and oxygen atoms in total. The fraction of sp³-hybridized carbons (Fsp3) is 0.273. The number of fused-ring (bicyclic) bond motifs is 5. The van der Waals surface area contributed by atoms with Crippen LogP contribution < -0.4 is 30.7 Å². The predicted octanol–water partition coefficient (Wildman–Crippen LogP) is -0.921. The summed E-state index contributed by atoms with van der Waals surface area (Å²) in [4.78, 5) is 33.1. The van der Waals surface area contributed by atoms with Crippen LogP contribution in [0.5, 0.6) is 11.5 Å². The number of ether oxygens (including phenoxy) is 2. The van der Waals surface area contributed by atoms with Gasteiger partial charge in [-0.3, -0.25) is 0 Å². The molecule has 30 heavy (non-hydrogen) atoms. The molecular weight excluding hydrogens is 497 g/mol. The van der Waals surface area contributed by atoms with Gasteiger partial charge in [0.25, 0.3) is 0 Å². The summed E-state index contributed by atoms with van der Waals surface area (Å²) in [7, 11) is 1.71. The Bertz CT molecular complexity index is 1210. The second kappa shape index (κ2) is 6.63. The van der Waals surface area contributed by atoms with E-state index in [1.807, 2.05) is 29.2 Å². The zero-order valence-electron chi connectivity index (χ0n) is 16.2. The van der Waals surface area contributed by atoms with Crippen molar-refractivity contribution in [3.05, 3.63) is 57.3 Å². The molecule has 3 aliphatic heterocycles. The third kappa shape index (κ3) is 2.62. The molecule has 2 aromatic carbocycles. The van der Waals surface area contributed by atoms with Gasteiger partial charge in [-0.15, -0.1) is 0 Å². The first kappa shape index (κ1) is 18.1. The second-order valence-electron chi connectivity index (χ2n) is 7.72. The van der Waals surface area contributed by atoms with Gasteiger partial charge in [-0.05, 0) is 0 Å². The molecule has 4 heterocycles. The van der Waals surface area contributed by atoms with Gasteiger partial charge in [0.05, 0.1) is 0 Å². The van der Waals surface area contributed by atoms with Gasteiger partial charge in [0.1, 0.15) is 0 Å². The summed E-state index contributed by atoms with van der Waals surface area (Å²) in [5.41, 5.74) is 3.28. The van der Waals surface area contributed by atoms with Crippen molar-refractivity contribution in [2.75, 3.05) is 20.4 Å². The molecule has 0 saturated carbocycles. The van der Waals surface area contributed by atoms with Crippen molar-refractivity contribution in [3.8, 4) is 11.5 Å². The van der Waals surface area contributed by atoms with E-state index in [9.17, 15) is 9.59 Å². The fourth-order valence-electron chi connectivity index (χ4n) is 4.52. The van der Waals surface area contributed by atoms with Crippen LogP contribution in [0.15, 0.2) is 42.5 Å². The van der Waals surface area contributed by atoms with Gasteiger partial charge >= 0.3 is 183 Å². The SMILES string of the molecule is CN1CC(=O)N2C([I-]c3ccc4c(c3)OCO4)c3[nH]c4ccccc4c3C[C@@H]2C1=O. The minimum absolute atomic E-state index is 0.0110. The maximum atomic E-state index is 13.1. The first-order valence-corrected chi connectivity index (χ1v) is 12.1. The molecule has 1 fully saturated rings. The Labute approximate surface area is 183 Å². The van der Waals surface area contributed by atoms with E-state index in [0.29, 0.717) is 6.42 Å². The van der Waals surface area contributed by atoms with E-state index in [0.717, 1.165) is 37.2 Å². The molecule has 154 valence electrons. The maximum absolute atomic E-state index is 13.1. The number of nitrogens with one attached hydrogen (secondary N) is 1. The van der Waals surface area contributed by atoms with Crippen LogP contribution in [0, 0.1) is 3.57 Å². The van der Waals surface area contributed by atoms with E-state index >= 15 is 0 Å². The summed E-state index contributed by atoms with van der Waals surface area (Å²) in [5.74, 6) is 1.53. The van der Waals surface area contributed by atoms with E-state index in [2.05, 4.69) is 23.2 Å². The molecule has 0 radical (unpaired) electrons. The third-order valence-corrected chi connectivity index (χ3v) is 9.15. The number of alkyl halides is 1. The molecule has 1 aromatic heterocycles. The zero-order valence-corrected chi connectivity index (χ0v) is 18.4. The van der Waals surface area contributed by atoms with Crippen molar-refractivity contribution in [2.45, 2.75) is 16.5 Å². The Morgan fingerprint density at radius 3 is 2.83 bits per heavy atom. The summed E-state index contributed by atoms with van der Waals surface area (Å²) >= 11 is -0.669. The number of amides is 2. The van der Waals surface area contributed by atoms with Gasteiger partial charge in [-0.1, -0.05) is 0 Å². The summed E-state index contributed by atoms with van der Waals surface area (Å²) in [6, 6.07) is 13.7. The predicted molar refractivity (Wildman–Crippen MR) is 104 cm³/mol. The van der Waals surface area contributed by atoms with Crippen LogP contribution in [0.25, 0.3) is 10.9 Å². The molecule has 6 rings (SSSR count). The van der Waals surface area contributed by atoms with Crippen LogP contribution in [0.3, 0.4) is 0 Å². The van der Waals surface area contributed by atoms with Crippen LogP contribution in [0.2, 0.25) is 0 Å².